The first-order valence-corrected chi connectivity index (χ1v) is 11.4. The Morgan fingerprint density at radius 2 is 1.93 bits per heavy atom. The topological polar surface area (TPSA) is 57.5 Å². The first kappa shape index (κ1) is 19.7. The molecule has 5 rings (SSSR count). The first-order valence-electron chi connectivity index (χ1n) is 11.4. The Labute approximate surface area is 178 Å². The highest BCUT2D eigenvalue weighted by atomic mass is 16.2. The molecule has 2 aliphatic heterocycles. The number of rotatable bonds is 4. The number of nitrogens with zero attached hydrogens (tertiary/aromatic N) is 6. The second-order valence-electron chi connectivity index (χ2n) is 9.02. The number of amides is 1. The highest BCUT2D eigenvalue weighted by Crippen LogP contribution is 2.24. The number of carbonyl (C=O) groups excluding carboxylic acids is 1. The van der Waals surface area contributed by atoms with Gasteiger partial charge in [0.15, 0.2) is 0 Å². The summed E-state index contributed by atoms with van der Waals surface area (Å²) in [5.74, 6) is 0.279. The molecule has 3 aliphatic rings. The normalized spacial score (nSPS) is 21.2. The number of fused-ring (bicyclic) bond motifs is 1. The number of hydrogen-bond acceptors (Lipinski definition) is 5. The second kappa shape index (κ2) is 8.47. The number of piperazine rings is 1. The molecule has 7 nitrogen and oxygen atoms in total. The smallest absolute Gasteiger partial charge is 0.236 e. The predicted molar refractivity (Wildman–Crippen MR) is 115 cm³/mol. The molecule has 1 aliphatic carbocycles. The summed E-state index contributed by atoms with van der Waals surface area (Å²) in [5.41, 5.74) is 4.41. The summed E-state index contributed by atoms with van der Waals surface area (Å²) in [6, 6.07) is 4.80. The summed E-state index contributed by atoms with van der Waals surface area (Å²) in [6.45, 7) is 8.05. The van der Waals surface area contributed by atoms with E-state index in [0.29, 0.717) is 6.54 Å². The minimum absolute atomic E-state index is 0.279. The summed E-state index contributed by atoms with van der Waals surface area (Å²) in [6.07, 6.45) is 10.3. The van der Waals surface area contributed by atoms with Crippen molar-refractivity contribution in [3.05, 3.63) is 41.5 Å². The van der Waals surface area contributed by atoms with E-state index in [-0.39, 0.29) is 5.91 Å². The van der Waals surface area contributed by atoms with Crippen LogP contribution in [0.15, 0.2) is 24.5 Å². The molecule has 0 spiro atoms. The van der Waals surface area contributed by atoms with E-state index in [9.17, 15) is 4.79 Å². The summed E-state index contributed by atoms with van der Waals surface area (Å²) in [7, 11) is 0. The Kier molecular flexibility index (Phi) is 5.56. The van der Waals surface area contributed by atoms with Gasteiger partial charge in [-0.05, 0) is 31.9 Å². The molecule has 0 N–H and O–H groups in total. The lowest BCUT2D eigenvalue weighted by atomic mass is 10.1. The second-order valence-corrected chi connectivity index (χ2v) is 9.02. The van der Waals surface area contributed by atoms with Crippen molar-refractivity contribution in [2.45, 2.75) is 51.6 Å². The van der Waals surface area contributed by atoms with Crippen molar-refractivity contribution in [3.8, 4) is 5.69 Å². The van der Waals surface area contributed by atoms with Gasteiger partial charge < -0.3 is 4.90 Å². The van der Waals surface area contributed by atoms with E-state index >= 15 is 0 Å². The molecular weight excluding hydrogens is 376 g/mol. The van der Waals surface area contributed by atoms with Gasteiger partial charge in [0.1, 0.15) is 0 Å². The molecular formula is C23H32N6O. The summed E-state index contributed by atoms with van der Waals surface area (Å²) >= 11 is 0. The van der Waals surface area contributed by atoms with Gasteiger partial charge in [0.05, 0.1) is 17.9 Å². The molecule has 2 aromatic heterocycles. The van der Waals surface area contributed by atoms with Gasteiger partial charge in [-0.2, -0.15) is 5.10 Å². The molecule has 0 radical (unpaired) electrons. The minimum atomic E-state index is 0.279. The number of aryl methyl sites for hydroxylation is 1. The fourth-order valence-electron chi connectivity index (χ4n) is 5.21. The van der Waals surface area contributed by atoms with E-state index in [1.54, 1.807) is 0 Å². The Morgan fingerprint density at radius 3 is 2.70 bits per heavy atom. The fourth-order valence-corrected chi connectivity index (χ4v) is 5.21. The van der Waals surface area contributed by atoms with Crippen LogP contribution in [0.2, 0.25) is 0 Å². The fraction of sp³-hybridized carbons (Fsp3) is 0.609. The molecule has 30 heavy (non-hydrogen) atoms. The molecule has 1 amide bonds. The third-order valence-corrected chi connectivity index (χ3v) is 6.95. The van der Waals surface area contributed by atoms with E-state index in [1.165, 1.54) is 31.2 Å². The van der Waals surface area contributed by atoms with Gasteiger partial charge in [-0.1, -0.05) is 12.8 Å². The molecule has 1 saturated heterocycles. The zero-order chi connectivity index (χ0) is 20.5. The van der Waals surface area contributed by atoms with Gasteiger partial charge >= 0.3 is 0 Å². The molecule has 4 heterocycles. The van der Waals surface area contributed by atoms with Gasteiger partial charge in [-0.25, -0.2) is 4.68 Å². The van der Waals surface area contributed by atoms with Gasteiger partial charge in [-0.15, -0.1) is 0 Å². The van der Waals surface area contributed by atoms with Crippen molar-refractivity contribution < 1.29 is 4.79 Å². The standard InChI is InChI=1S/C23H32N6O/c1-18-14-21(6-8-24-18)29-16-19-15-26(9-7-22(19)25-29)17-23(30)28-12-10-27(11-13-28)20-4-2-3-5-20/h6,8,14,16,20H,2-5,7,9-13,15,17H2,1H3. The van der Waals surface area contributed by atoms with Crippen LogP contribution in [0.5, 0.6) is 0 Å². The summed E-state index contributed by atoms with van der Waals surface area (Å²) in [5, 5.41) is 4.77. The van der Waals surface area contributed by atoms with Crippen molar-refractivity contribution in [2.75, 3.05) is 39.3 Å². The maximum atomic E-state index is 12.9. The largest absolute Gasteiger partial charge is 0.339 e. The number of pyridine rings is 1. The predicted octanol–water partition coefficient (Wildman–Crippen LogP) is 2.02. The van der Waals surface area contributed by atoms with Crippen LogP contribution >= 0.6 is 0 Å². The Hall–Kier alpha value is -2.25. The van der Waals surface area contributed by atoms with Crippen molar-refractivity contribution in [2.24, 2.45) is 0 Å². The van der Waals surface area contributed by atoms with E-state index in [0.717, 1.165) is 68.8 Å². The van der Waals surface area contributed by atoms with Crippen LogP contribution in [-0.4, -0.2) is 80.7 Å². The lowest BCUT2D eigenvalue weighted by Gasteiger charge is -2.39. The molecule has 0 unspecified atom stereocenters. The molecule has 2 fully saturated rings. The summed E-state index contributed by atoms with van der Waals surface area (Å²) < 4.78 is 1.95. The van der Waals surface area contributed by atoms with Crippen molar-refractivity contribution >= 4 is 5.91 Å². The third-order valence-electron chi connectivity index (χ3n) is 6.95. The minimum Gasteiger partial charge on any atom is -0.339 e. The Morgan fingerprint density at radius 1 is 1.13 bits per heavy atom. The van der Waals surface area contributed by atoms with Gasteiger partial charge in [0, 0.05) is 75.4 Å². The van der Waals surface area contributed by atoms with Crippen LogP contribution in [0.3, 0.4) is 0 Å². The number of aromatic nitrogens is 3. The third kappa shape index (κ3) is 4.14. The van der Waals surface area contributed by atoms with Crippen LogP contribution in [-0.2, 0) is 17.8 Å². The lowest BCUT2D eigenvalue weighted by Crippen LogP contribution is -2.53. The molecule has 1 saturated carbocycles. The van der Waals surface area contributed by atoms with Crippen LogP contribution in [0.25, 0.3) is 5.69 Å². The average molecular weight is 409 g/mol. The Balaban J connectivity index is 1.16. The van der Waals surface area contributed by atoms with E-state index < -0.39 is 0 Å². The monoisotopic (exact) mass is 408 g/mol. The quantitative estimate of drug-likeness (QED) is 0.775. The highest BCUT2D eigenvalue weighted by Gasteiger charge is 2.29. The molecule has 0 bridgehead atoms. The average Bonchev–Trinajstić information content (AvgIpc) is 3.44. The van der Waals surface area contributed by atoms with E-state index in [2.05, 4.69) is 25.9 Å². The van der Waals surface area contributed by atoms with Gasteiger partial charge in [0.25, 0.3) is 0 Å². The molecule has 0 atom stereocenters. The number of hydrogen-bond donors (Lipinski definition) is 0. The lowest BCUT2D eigenvalue weighted by molar-refractivity contribution is -0.134. The highest BCUT2D eigenvalue weighted by molar-refractivity contribution is 5.78. The summed E-state index contributed by atoms with van der Waals surface area (Å²) in [4.78, 5) is 24.1. The molecule has 7 heteroatoms. The van der Waals surface area contributed by atoms with Crippen molar-refractivity contribution in [1.29, 1.82) is 0 Å². The Bertz CT molecular complexity index is 895. The molecule has 160 valence electrons. The van der Waals surface area contributed by atoms with Crippen LogP contribution < -0.4 is 0 Å². The van der Waals surface area contributed by atoms with Crippen LogP contribution in [0.1, 0.15) is 42.6 Å². The van der Waals surface area contributed by atoms with Gasteiger partial charge in [0.2, 0.25) is 5.91 Å². The maximum absolute atomic E-state index is 12.9. The van der Waals surface area contributed by atoms with Crippen molar-refractivity contribution in [1.82, 2.24) is 29.5 Å². The van der Waals surface area contributed by atoms with Crippen LogP contribution in [0, 0.1) is 6.92 Å². The zero-order valence-corrected chi connectivity index (χ0v) is 18.0. The molecule has 0 aromatic carbocycles. The van der Waals surface area contributed by atoms with E-state index in [1.807, 2.05) is 29.9 Å². The van der Waals surface area contributed by atoms with E-state index in [4.69, 9.17) is 5.10 Å². The van der Waals surface area contributed by atoms with Crippen molar-refractivity contribution in [3.63, 3.8) is 0 Å². The number of carbonyl (C=O) groups is 1. The maximum Gasteiger partial charge on any atom is 0.236 e. The zero-order valence-electron chi connectivity index (χ0n) is 18.0. The first-order chi connectivity index (χ1) is 14.7. The van der Waals surface area contributed by atoms with Crippen LogP contribution in [0.4, 0.5) is 0 Å². The molecule has 2 aromatic rings. The van der Waals surface area contributed by atoms with Gasteiger partial charge in [-0.3, -0.25) is 19.6 Å². The SMILES string of the molecule is Cc1cc(-n2cc3c(n2)CCN(CC(=O)N2CCN(C4CCCC4)CC2)C3)ccn1.